The maximum absolute atomic E-state index is 11.7. The Kier molecular flexibility index (Phi) is 4.87. The molecular weight excluding hydrogens is 273 g/mol. The molecule has 1 saturated heterocycles. The molecular formula is C13H15Cl2NO2. The van der Waals surface area contributed by atoms with Crippen molar-refractivity contribution in [2.24, 2.45) is 0 Å². The lowest BCUT2D eigenvalue weighted by Gasteiger charge is -2.11. The van der Waals surface area contributed by atoms with Gasteiger partial charge in [-0.25, -0.2) is 0 Å². The Morgan fingerprint density at radius 1 is 1.44 bits per heavy atom. The Bertz CT molecular complexity index is 431. The molecule has 1 atom stereocenters. The smallest absolute Gasteiger partial charge is 0.224 e. The summed E-state index contributed by atoms with van der Waals surface area (Å²) in [5, 5.41) is 3.95. The van der Waals surface area contributed by atoms with Crippen molar-refractivity contribution in [2.75, 3.05) is 13.2 Å². The maximum Gasteiger partial charge on any atom is 0.224 e. The molecule has 0 aliphatic carbocycles. The van der Waals surface area contributed by atoms with E-state index in [1.54, 1.807) is 18.2 Å². The molecule has 1 N–H and O–H groups in total. The Morgan fingerprint density at radius 2 is 2.28 bits per heavy atom. The van der Waals surface area contributed by atoms with Gasteiger partial charge in [0.15, 0.2) is 0 Å². The summed E-state index contributed by atoms with van der Waals surface area (Å²) in [6, 6.07) is 5.15. The van der Waals surface area contributed by atoms with Crippen molar-refractivity contribution in [2.45, 2.75) is 25.4 Å². The molecule has 0 unspecified atom stereocenters. The minimum atomic E-state index is -0.0466. The fraction of sp³-hybridized carbons (Fsp3) is 0.462. The zero-order valence-corrected chi connectivity index (χ0v) is 11.4. The number of ether oxygens (including phenoxy) is 1. The number of rotatable bonds is 4. The number of halogens is 2. The first-order valence-electron chi connectivity index (χ1n) is 5.97. The lowest BCUT2D eigenvalue weighted by atomic mass is 10.1. The molecule has 0 radical (unpaired) electrons. The summed E-state index contributed by atoms with van der Waals surface area (Å²) in [4.78, 5) is 11.7. The number of benzene rings is 1. The highest BCUT2D eigenvalue weighted by Gasteiger charge is 2.16. The number of carbonyl (C=O) groups is 1. The lowest BCUT2D eigenvalue weighted by Crippen LogP contribution is -2.32. The maximum atomic E-state index is 11.7. The Morgan fingerprint density at radius 3 is 2.94 bits per heavy atom. The fourth-order valence-corrected chi connectivity index (χ4v) is 2.41. The highest BCUT2D eigenvalue weighted by molar-refractivity contribution is 6.35. The lowest BCUT2D eigenvalue weighted by molar-refractivity contribution is -0.120. The van der Waals surface area contributed by atoms with Crippen LogP contribution >= 0.6 is 23.2 Å². The van der Waals surface area contributed by atoms with E-state index in [4.69, 9.17) is 27.9 Å². The number of hydrogen-bond donors (Lipinski definition) is 1. The third-order valence-corrected chi connectivity index (χ3v) is 3.50. The van der Waals surface area contributed by atoms with E-state index in [2.05, 4.69) is 5.32 Å². The van der Waals surface area contributed by atoms with Crippen LogP contribution in [0.15, 0.2) is 18.2 Å². The van der Waals surface area contributed by atoms with Gasteiger partial charge in [-0.1, -0.05) is 29.3 Å². The van der Waals surface area contributed by atoms with E-state index in [1.165, 1.54) is 0 Å². The van der Waals surface area contributed by atoms with Crippen LogP contribution < -0.4 is 5.32 Å². The van der Waals surface area contributed by atoms with Crippen LogP contribution in [0.1, 0.15) is 18.4 Å². The van der Waals surface area contributed by atoms with Gasteiger partial charge in [0.05, 0.1) is 12.5 Å². The van der Waals surface area contributed by atoms with Gasteiger partial charge < -0.3 is 10.1 Å². The molecule has 98 valence electrons. The first kappa shape index (κ1) is 13.7. The summed E-state index contributed by atoms with van der Waals surface area (Å²) in [5.74, 6) is -0.0466. The van der Waals surface area contributed by atoms with Gasteiger partial charge in [0, 0.05) is 23.2 Å². The van der Waals surface area contributed by atoms with Gasteiger partial charge in [-0.2, -0.15) is 0 Å². The van der Waals surface area contributed by atoms with Gasteiger partial charge in [0.25, 0.3) is 0 Å². The molecule has 1 fully saturated rings. The molecule has 18 heavy (non-hydrogen) atoms. The molecule has 3 nitrogen and oxygen atoms in total. The summed E-state index contributed by atoms with van der Waals surface area (Å²) >= 11 is 11.8. The van der Waals surface area contributed by atoms with Gasteiger partial charge in [-0.05, 0) is 30.5 Å². The Hall–Kier alpha value is -0.770. The third kappa shape index (κ3) is 3.87. The summed E-state index contributed by atoms with van der Waals surface area (Å²) in [6.45, 7) is 1.37. The normalized spacial score (nSPS) is 18.9. The topological polar surface area (TPSA) is 38.3 Å². The van der Waals surface area contributed by atoms with Crippen LogP contribution in [0, 0.1) is 0 Å². The Labute approximate surface area is 116 Å². The molecule has 0 spiro atoms. The quantitative estimate of drug-likeness (QED) is 0.925. The number of carbonyl (C=O) groups excluding carboxylic acids is 1. The average Bonchev–Trinajstić information content (AvgIpc) is 2.83. The molecule has 1 amide bonds. The largest absolute Gasteiger partial charge is 0.376 e. The van der Waals surface area contributed by atoms with Gasteiger partial charge in [0.1, 0.15) is 0 Å². The predicted octanol–water partition coefficient (Wildman–Crippen LogP) is 2.83. The standard InChI is InChI=1S/C13H15Cl2NO2/c14-10-4-3-9(12(15)7-10)6-13(17)16-8-11-2-1-5-18-11/h3-4,7,11H,1-2,5-6,8H2,(H,16,17)/t11-/m1/s1. The van der Waals surface area contributed by atoms with Crippen molar-refractivity contribution >= 4 is 29.1 Å². The number of hydrogen-bond acceptors (Lipinski definition) is 2. The second-order valence-corrected chi connectivity index (χ2v) is 5.20. The number of nitrogens with one attached hydrogen (secondary N) is 1. The van der Waals surface area contributed by atoms with Crippen LogP contribution in [0.3, 0.4) is 0 Å². The summed E-state index contributed by atoms with van der Waals surface area (Å²) < 4.78 is 5.43. The van der Waals surface area contributed by atoms with E-state index < -0.39 is 0 Å². The molecule has 1 aliphatic heterocycles. The first-order valence-corrected chi connectivity index (χ1v) is 6.73. The predicted molar refractivity (Wildman–Crippen MR) is 72.1 cm³/mol. The van der Waals surface area contributed by atoms with Crippen molar-refractivity contribution in [3.8, 4) is 0 Å². The molecule has 0 bridgehead atoms. The van der Waals surface area contributed by atoms with E-state index >= 15 is 0 Å². The van der Waals surface area contributed by atoms with E-state index in [0.29, 0.717) is 16.6 Å². The van der Waals surface area contributed by atoms with Crippen LogP contribution in [0.2, 0.25) is 10.0 Å². The third-order valence-electron chi connectivity index (χ3n) is 2.92. The van der Waals surface area contributed by atoms with Crippen molar-refractivity contribution in [1.29, 1.82) is 0 Å². The average molecular weight is 288 g/mol. The van der Waals surface area contributed by atoms with Gasteiger partial charge in [-0.15, -0.1) is 0 Å². The minimum absolute atomic E-state index is 0.0466. The van der Waals surface area contributed by atoms with Gasteiger partial charge in [-0.3, -0.25) is 4.79 Å². The van der Waals surface area contributed by atoms with Crippen LogP contribution in [0.4, 0.5) is 0 Å². The first-order chi connectivity index (χ1) is 8.65. The summed E-state index contributed by atoms with van der Waals surface area (Å²) in [7, 11) is 0. The molecule has 1 aromatic carbocycles. The van der Waals surface area contributed by atoms with E-state index in [0.717, 1.165) is 25.0 Å². The molecule has 0 saturated carbocycles. The molecule has 2 rings (SSSR count). The summed E-state index contributed by atoms with van der Waals surface area (Å²) in [6.07, 6.45) is 2.52. The Balaban J connectivity index is 1.82. The van der Waals surface area contributed by atoms with E-state index in [-0.39, 0.29) is 18.4 Å². The van der Waals surface area contributed by atoms with Crippen LogP contribution in [-0.4, -0.2) is 25.2 Å². The number of amides is 1. The second-order valence-electron chi connectivity index (χ2n) is 4.35. The van der Waals surface area contributed by atoms with Crippen molar-refractivity contribution in [1.82, 2.24) is 5.32 Å². The molecule has 5 heteroatoms. The molecule has 0 aromatic heterocycles. The molecule has 1 aliphatic rings. The van der Waals surface area contributed by atoms with Crippen LogP contribution in [-0.2, 0) is 16.0 Å². The highest BCUT2D eigenvalue weighted by Crippen LogP contribution is 2.21. The summed E-state index contributed by atoms with van der Waals surface area (Å²) in [5.41, 5.74) is 0.783. The SMILES string of the molecule is O=C(Cc1ccc(Cl)cc1Cl)NC[C@H]1CCCO1. The second kappa shape index (κ2) is 6.41. The van der Waals surface area contributed by atoms with Gasteiger partial charge in [0.2, 0.25) is 5.91 Å². The highest BCUT2D eigenvalue weighted by atomic mass is 35.5. The fourth-order valence-electron chi connectivity index (χ4n) is 1.93. The zero-order chi connectivity index (χ0) is 13.0. The van der Waals surface area contributed by atoms with Crippen LogP contribution in [0.25, 0.3) is 0 Å². The zero-order valence-electron chi connectivity index (χ0n) is 9.92. The van der Waals surface area contributed by atoms with Gasteiger partial charge >= 0.3 is 0 Å². The van der Waals surface area contributed by atoms with Crippen molar-refractivity contribution < 1.29 is 9.53 Å². The monoisotopic (exact) mass is 287 g/mol. The molecule has 1 heterocycles. The molecule has 1 aromatic rings. The van der Waals surface area contributed by atoms with Crippen LogP contribution in [0.5, 0.6) is 0 Å². The van der Waals surface area contributed by atoms with Crippen molar-refractivity contribution in [3.05, 3.63) is 33.8 Å². The van der Waals surface area contributed by atoms with E-state index in [1.807, 2.05) is 0 Å². The van der Waals surface area contributed by atoms with E-state index in [9.17, 15) is 4.79 Å². The van der Waals surface area contributed by atoms with Crippen molar-refractivity contribution in [3.63, 3.8) is 0 Å². The minimum Gasteiger partial charge on any atom is -0.376 e.